The van der Waals surface area contributed by atoms with Crippen molar-refractivity contribution in [2.45, 2.75) is 57.0 Å². The second-order valence-electron chi connectivity index (χ2n) is 9.20. The highest BCUT2D eigenvalue weighted by molar-refractivity contribution is 5.79. The fourth-order valence-electron chi connectivity index (χ4n) is 6.40. The van der Waals surface area contributed by atoms with Gasteiger partial charge in [-0.25, -0.2) is 0 Å². The molecule has 1 aliphatic carbocycles. The molecule has 1 aromatic heterocycles. The van der Waals surface area contributed by atoms with E-state index in [9.17, 15) is 4.79 Å². The zero-order chi connectivity index (χ0) is 18.2. The summed E-state index contributed by atoms with van der Waals surface area (Å²) in [5.74, 6) is 3.05. The van der Waals surface area contributed by atoms with Crippen molar-refractivity contribution in [3.05, 3.63) is 24.2 Å². The molecular formula is C22H33N3O2. The minimum Gasteiger partial charge on any atom is -0.472 e. The zero-order valence-corrected chi connectivity index (χ0v) is 16.2. The Balaban J connectivity index is 1.31. The predicted octanol–water partition coefficient (Wildman–Crippen LogP) is 2.95. The van der Waals surface area contributed by atoms with E-state index in [4.69, 9.17) is 4.42 Å². The number of rotatable bonds is 3. The van der Waals surface area contributed by atoms with Gasteiger partial charge in [-0.15, -0.1) is 0 Å². The van der Waals surface area contributed by atoms with Gasteiger partial charge in [0.1, 0.15) is 0 Å². The monoisotopic (exact) mass is 371 g/mol. The van der Waals surface area contributed by atoms with Crippen molar-refractivity contribution in [3.63, 3.8) is 0 Å². The molecule has 6 atom stereocenters. The second-order valence-corrected chi connectivity index (χ2v) is 9.20. The van der Waals surface area contributed by atoms with Crippen LogP contribution >= 0.6 is 0 Å². The van der Waals surface area contributed by atoms with Crippen molar-refractivity contribution in [2.75, 3.05) is 26.2 Å². The summed E-state index contributed by atoms with van der Waals surface area (Å²) in [6.07, 6.45) is 12.6. The van der Waals surface area contributed by atoms with Crippen molar-refractivity contribution in [1.82, 2.24) is 15.5 Å². The molecule has 4 aliphatic rings. The van der Waals surface area contributed by atoms with Gasteiger partial charge in [-0.3, -0.25) is 4.79 Å². The van der Waals surface area contributed by atoms with E-state index in [-0.39, 0.29) is 5.92 Å². The number of likely N-dealkylation sites (tertiary alicyclic amines) is 1. The number of nitrogens with one attached hydrogen (secondary N) is 2. The average molecular weight is 372 g/mol. The molecule has 0 spiro atoms. The first-order valence-electron chi connectivity index (χ1n) is 11.1. The number of hydrogen-bond donors (Lipinski definition) is 2. The van der Waals surface area contributed by atoms with Crippen LogP contribution in [0.5, 0.6) is 0 Å². The lowest BCUT2D eigenvalue weighted by atomic mass is 9.67. The van der Waals surface area contributed by atoms with Crippen LogP contribution in [0.2, 0.25) is 0 Å². The van der Waals surface area contributed by atoms with Gasteiger partial charge in [0.15, 0.2) is 0 Å². The van der Waals surface area contributed by atoms with Gasteiger partial charge >= 0.3 is 0 Å². The summed E-state index contributed by atoms with van der Waals surface area (Å²) in [5.41, 5.74) is 1.32. The Hall–Kier alpha value is -1.33. The van der Waals surface area contributed by atoms with Crippen LogP contribution in [0.1, 0.15) is 56.4 Å². The van der Waals surface area contributed by atoms with Crippen LogP contribution in [0.25, 0.3) is 0 Å². The molecule has 5 heteroatoms. The smallest absolute Gasteiger partial charge is 0.225 e. The van der Waals surface area contributed by atoms with Crippen molar-refractivity contribution in [2.24, 2.45) is 23.7 Å². The number of carbonyl (C=O) groups excluding carboxylic acids is 1. The van der Waals surface area contributed by atoms with Gasteiger partial charge in [-0.1, -0.05) is 12.8 Å². The first-order valence-corrected chi connectivity index (χ1v) is 11.1. The van der Waals surface area contributed by atoms with Gasteiger partial charge in [0, 0.05) is 31.5 Å². The van der Waals surface area contributed by atoms with Gasteiger partial charge in [0.2, 0.25) is 5.91 Å². The maximum atomic E-state index is 13.2. The van der Waals surface area contributed by atoms with Crippen LogP contribution in [0, 0.1) is 23.7 Å². The summed E-state index contributed by atoms with van der Waals surface area (Å²) in [7, 11) is 0. The van der Waals surface area contributed by atoms with Crippen molar-refractivity contribution in [1.29, 1.82) is 0 Å². The van der Waals surface area contributed by atoms with E-state index in [2.05, 4.69) is 21.6 Å². The largest absolute Gasteiger partial charge is 0.472 e. The van der Waals surface area contributed by atoms with Gasteiger partial charge in [0.25, 0.3) is 0 Å². The molecule has 1 aromatic rings. The van der Waals surface area contributed by atoms with Crippen LogP contribution in [0.15, 0.2) is 23.0 Å². The van der Waals surface area contributed by atoms with Gasteiger partial charge in [-0.05, 0) is 68.0 Å². The van der Waals surface area contributed by atoms with E-state index in [1.807, 2.05) is 6.26 Å². The number of fused-ring (bicyclic) bond motifs is 1. The van der Waals surface area contributed by atoms with Crippen molar-refractivity contribution < 1.29 is 9.21 Å². The van der Waals surface area contributed by atoms with Gasteiger partial charge in [0.05, 0.1) is 18.7 Å². The molecule has 4 fully saturated rings. The Morgan fingerprint density at radius 2 is 1.85 bits per heavy atom. The fraction of sp³-hybridized carbons (Fsp3) is 0.773. The highest BCUT2D eigenvalue weighted by atomic mass is 16.3. The lowest BCUT2D eigenvalue weighted by Gasteiger charge is -2.43. The molecular weight excluding hydrogens is 338 g/mol. The second kappa shape index (κ2) is 7.59. The molecule has 5 rings (SSSR count). The highest BCUT2D eigenvalue weighted by Crippen LogP contribution is 2.44. The van der Waals surface area contributed by atoms with Crippen molar-refractivity contribution in [3.8, 4) is 0 Å². The molecule has 0 aromatic carbocycles. The van der Waals surface area contributed by atoms with Crippen LogP contribution < -0.4 is 10.6 Å². The fourth-order valence-corrected chi connectivity index (χ4v) is 6.40. The van der Waals surface area contributed by atoms with E-state index in [1.54, 1.807) is 6.26 Å². The van der Waals surface area contributed by atoms with E-state index in [0.29, 0.717) is 35.7 Å². The lowest BCUT2D eigenvalue weighted by molar-refractivity contribution is -0.138. The quantitative estimate of drug-likeness (QED) is 0.858. The third kappa shape index (κ3) is 3.33. The first-order chi connectivity index (χ1) is 13.3. The summed E-state index contributed by atoms with van der Waals surface area (Å²) in [6, 6.07) is 2.12. The molecule has 4 heterocycles. The topological polar surface area (TPSA) is 57.5 Å². The average Bonchev–Trinajstić information content (AvgIpc) is 3.48. The van der Waals surface area contributed by atoms with E-state index >= 15 is 0 Å². The normalized spacial score (nSPS) is 39.5. The molecule has 2 N–H and O–H groups in total. The molecule has 5 nitrogen and oxygen atoms in total. The molecule has 3 aliphatic heterocycles. The van der Waals surface area contributed by atoms with Gasteiger partial charge < -0.3 is 20.0 Å². The Kier molecular flexibility index (Phi) is 4.99. The molecule has 0 radical (unpaired) electrons. The minimum atomic E-state index is 0.266. The third-order valence-corrected chi connectivity index (χ3v) is 7.81. The number of furan rings is 1. The summed E-state index contributed by atoms with van der Waals surface area (Å²) in [4.78, 5) is 15.4. The van der Waals surface area contributed by atoms with E-state index in [0.717, 1.165) is 32.6 Å². The zero-order valence-electron chi connectivity index (χ0n) is 16.2. The first kappa shape index (κ1) is 17.7. The summed E-state index contributed by atoms with van der Waals surface area (Å²) in [6.45, 7) is 4.06. The van der Waals surface area contributed by atoms with Crippen LogP contribution in [-0.4, -0.2) is 43.2 Å². The Labute approximate surface area is 162 Å². The van der Waals surface area contributed by atoms with E-state index in [1.165, 1.54) is 44.1 Å². The lowest BCUT2D eigenvalue weighted by Crippen LogP contribution is -2.52. The molecule has 6 unspecified atom stereocenters. The maximum Gasteiger partial charge on any atom is 0.225 e. The maximum absolute atomic E-state index is 13.2. The minimum absolute atomic E-state index is 0.266. The number of piperidine rings is 1. The number of hydrogen-bond acceptors (Lipinski definition) is 4. The summed E-state index contributed by atoms with van der Waals surface area (Å²) in [5, 5.41) is 7.45. The number of nitrogens with zero attached hydrogens (tertiary/aromatic N) is 1. The molecule has 148 valence electrons. The Morgan fingerprint density at radius 3 is 2.67 bits per heavy atom. The molecule has 3 saturated heterocycles. The number of carbonyl (C=O) groups is 1. The molecule has 1 saturated carbocycles. The molecule has 1 amide bonds. The van der Waals surface area contributed by atoms with Crippen molar-refractivity contribution >= 4 is 5.91 Å². The molecule has 0 bridgehead atoms. The molecule has 27 heavy (non-hydrogen) atoms. The predicted molar refractivity (Wildman–Crippen MR) is 104 cm³/mol. The van der Waals surface area contributed by atoms with E-state index < -0.39 is 0 Å². The SMILES string of the molecule is O=C(C1CCCCC1C1CNC2NCC(c3ccoc3)C2C1)N1CCCC1. The highest BCUT2D eigenvalue weighted by Gasteiger charge is 2.46. The Morgan fingerprint density at radius 1 is 1.04 bits per heavy atom. The third-order valence-electron chi connectivity index (χ3n) is 7.81. The standard InChI is InChI=1S/C22H33N3O2/c26-22(25-8-3-4-9-25)18-6-2-1-5-17(18)16-11-19-20(15-7-10-27-14-15)13-24-21(19)23-12-16/h7,10,14,16-21,23-24H,1-6,8-9,11-13H2. The van der Waals surface area contributed by atoms with Crippen LogP contribution in [0.4, 0.5) is 0 Å². The summed E-state index contributed by atoms with van der Waals surface area (Å²) >= 11 is 0. The Bertz CT molecular complexity index is 640. The van der Waals surface area contributed by atoms with Crippen LogP contribution in [-0.2, 0) is 4.79 Å². The van der Waals surface area contributed by atoms with Crippen LogP contribution in [0.3, 0.4) is 0 Å². The van der Waals surface area contributed by atoms with Gasteiger partial charge in [-0.2, -0.15) is 0 Å². The number of amides is 1. The summed E-state index contributed by atoms with van der Waals surface area (Å²) < 4.78 is 5.36.